The Labute approximate surface area is 107 Å². The summed E-state index contributed by atoms with van der Waals surface area (Å²) in [6, 6.07) is 3.48. The highest BCUT2D eigenvalue weighted by atomic mass is 19.1. The van der Waals surface area contributed by atoms with E-state index in [0.717, 1.165) is 37.4 Å². The molecule has 2 N–H and O–H groups in total. The van der Waals surface area contributed by atoms with Crippen LogP contribution in [0.5, 0.6) is 0 Å². The van der Waals surface area contributed by atoms with Crippen molar-refractivity contribution >= 4 is 11.4 Å². The van der Waals surface area contributed by atoms with Crippen molar-refractivity contribution < 1.29 is 4.39 Å². The van der Waals surface area contributed by atoms with Crippen LogP contribution in [0.25, 0.3) is 0 Å². The molecule has 0 spiro atoms. The molecule has 2 aliphatic rings. The number of piperazine rings is 1. The summed E-state index contributed by atoms with van der Waals surface area (Å²) < 4.78 is 14.1. The van der Waals surface area contributed by atoms with Crippen LogP contribution >= 0.6 is 0 Å². The molecule has 0 amide bonds. The summed E-state index contributed by atoms with van der Waals surface area (Å²) in [5, 5.41) is 0. The lowest BCUT2D eigenvalue weighted by Crippen LogP contribution is -2.44. The molecule has 0 bridgehead atoms. The molecule has 1 aliphatic heterocycles. The second-order valence-electron chi connectivity index (χ2n) is 5.50. The molecule has 4 heteroatoms. The van der Waals surface area contributed by atoms with E-state index < -0.39 is 0 Å². The molecule has 18 heavy (non-hydrogen) atoms. The van der Waals surface area contributed by atoms with Gasteiger partial charge in [-0.3, -0.25) is 0 Å². The minimum absolute atomic E-state index is 0.179. The van der Waals surface area contributed by atoms with E-state index in [1.165, 1.54) is 18.9 Å². The zero-order chi connectivity index (χ0) is 12.7. The molecule has 1 saturated carbocycles. The van der Waals surface area contributed by atoms with Gasteiger partial charge in [0.1, 0.15) is 5.82 Å². The molecule has 2 fully saturated rings. The van der Waals surface area contributed by atoms with Gasteiger partial charge in [0, 0.05) is 31.9 Å². The third kappa shape index (κ3) is 2.17. The number of hydrogen-bond acceptors (Lipinski definition) is 3. The highest BCUT2D eigenvalue weighted by Crippen LogP contribution is 2.44. The summed E-state index contributed by atoms with van der Waals surface area (Å²) in [7, 11) is 2.10. The largest absolute Gasteiger partial charge is 0.398 e. The molecule has 3 nitrogen and oxygen atoms in total. The van der Waals surface area contributed by atoms with Gasteiger partial charge in [0.25, 0.3) is 0 Å². The maximum Gasteiger partial charge on any atom is 0.148 e. The topological polar surface area (TPSA) is 32.5 Å². The Morgan fingerprint density at radius 1 is 1.17 bits per heavy atom. The van der Waals surface area contributed by atoms with Crippen molar-refractivity contribution in [2.45, 2.75) is 18.8 Å². The molecule has 1 saturated heterocycles. The smallest absolute Gasteiger partial charge is 0.148 e. The Balaban J connectivity index is 1.88. The maximum absolute atomic E-state index is 14.1. The molecular formula is C14H20FN3. The van der Waals surface area contributed by atoms with Crippen LogP contribution in [0.1, 0.15) is 24.3 Å². The van der Waals surface area contributed by atoms with Crippen LogP contribution in [0, 0.1) is 5.82 Å². The van der Waals surface area contributed by atoms with Crippen molar-refractivity contribution in [2.75, 3.05) is 43.9 Å². The maximum atomic E-state index is 14.1. The van der Waals surface area contributed by atoms with Crippen molar-refractivity contribution in [1.82, 2.24) is 4.90 Å². The lowest BCUT2D eigenvalue weighted by molar-refractivity contribution is 0.311. The second kappa shape index (κ2) is 4.43. The van der Waals surface area contributed by atoms with Gasteiger partial charge in [0.05, 0.1) is 5.69 Å². The van der Waals surface area contributed by atoms with Crippen LogP contribution < -0.4 is 10.6 Å². The fourth-order valence-electron chi connectivity index (χ4n) is 2.63. The van der Waals surface area contributed by atoms with E-state index >= 15 is 0 Å². The first kappa shape index (κ1) is 11.8. The van der Waals surface area contributed by atoms with Crippen molar-refractivity contribution in [3.05, 3.63) is 23.5 Å². The van der Waals surface area contributed by atoms with Gasteiger partial charge < -0.3 is 15.5 Å². The van der Waals surface area contributed by atoms with Crippen LogP contribution in [0.15, 0.2) is 12.1 Å². The number of benzene rings is 1. The Morgan fingerprint density at radius 2 is 1.83 bits per heavy atom. The van der Waals surface area contributed by atoms with Gasteiger partial charge in [-0.2, -0.15) is 0 Å². The monoisotopic (exact) mass is 249 g/mol. The predicted molar refractivity (Wildman–Crippen MR) is 72.5 cm³/mol. The van der Waals surface area contributed by atoms with Gasteiger partial charge in [-0.25, -0.2) is 4.39 Å². The lowest BCUT2D eigenvalue weighted by Gasteiger charge is -2.34. The van der Waals surface area contributed by atoms with Gasteiger partial charge in [-0.05, 0) is 43.5 Å². The number of nitrogen functional groups attached to an aromatic ring is 1. The number of anilines is 2. The Hall–Kier alpha value is -1.29. The lowest BCUT2D eigenvalue weighted by atomic mass is 10.1. The van der Waals surface area contributed by atoms with Gasteiger partial charge >= 0.3 is 0 Å². The average Bonchev–Trinajstić information content (AvgIpc) is 3.15. The molecule has 1 heterocycles. The van der Waals surface area contributed by atoms with E-state index in [9.17, 15) is 4.39 Å². The second-order valence-corrected chi connectivity index (χ2v) is 5.50. The molecule has 3 rings (SSSR count). The van der Waals surface area contributed by atoms with Crippen molar-refractivity contribution in [2.24, 2.45) is 0 Å². The number of nitrogens with two attached hydrogens (primary N) is 1. The summed E-state index contributed by atoms with van der Waals surface area (Å²) in [6.45, 7) is 3.76. The van der Waals surface area contributed by atoms with Gasteiger partial charge in [-0.1, -0.05) is 0 Å². The van der Waals surface area contributed by atoms with Crippen LogP contribution in [0.2, 0.25) is 0 Å². The summed E-state index contributed by atoms with van der Waals surface area (Å²) in [4.78, 5) is 4.41. The predicted octanol–water partition coefficient (Wildman–Crippen LogP) is 2.04. The van der Waals surface area contributed by atoms with E-state index in [0.29, 0.717) is 11.6 Å². The number of halogens is 1. The zero-order valence-corrected chi connectivity index (χ0v) is 10.8. The minimum Gasteiger partial charge on any atom is -0.398 e. The molecule has 0 radical (unpaired) electrons. The van der Waals surface area contributed by atoms with Crippen molar-refractivity contribution in [3.63, 3.8) is 0 Å². The van der Waals surface area contributed by atoms with E-state index in [1.54, 1.807) is 0 Å². The molecule has 0 unspecified atom stereocenters. The molecular weight excluding hydrogens is 229 g/mol. The van der Waals surface area contributed by atoms with Crippen molar-refractivity contribution in [1.29, 1.82) is 0 Å². The first-order valence-corrected chi connectivity index (χ1v) is 6.67. The van der Waals surface area contributed by atoms with Gasteiger partial charge in [0.2, 0.25) is 0 Å². The highest BCUT2D eigenvalue weighted by Gasteiger charge is 2.28. The summed E-state index contributed by atoms with van der Waals surface area (Å²) >= 11 is 0. The number of rotatable bonds is 2. The molecule has 1 aliphatic carbocycles. The first-order valence-electron chi connectivity index (χ1n) is 6.67. The normalized spacial score (nSPS) is 21.3. The Morgan fingerprint density at radius 3 is 2.44 bits per heavy atom. The van der Waals surface area contributed by atoms with Crippen LogP contribution in [0.4, 0.5) is 15.8 Å². The number of hydrogen-bond donors (Lipinski definition) is 1. The van der Waals surface area contributed by atoms with E-state index in [4.69, 9.17) is 5.73 Å². The van der Waals surface area contributed by atoms with Gasteiger partial charge in [-0.15, -0.1) is 0 Å². The third-order valence-electron chi connectivity index (χ3n) is 4.01. The zero-order valence-electron chi connectivity index (χ0n) is 10.8. The standard InChI is InChI=1S/C14H20FN3/c1-17-4-6-18(7-5-17)14-8-11(10-2-3-10)13(16)9-12(14)15/h8-10H,2-7,16H2,1H3. The Bertz CT molecular complexity index is 449. The quantitative estimate of drug-likeness (QED) is 0.814. The molecule has 1 aromatic rings. The minimum atomic E-state index is -0.179. The van der Waals surface area contributed by atoms with E-state index in [2.05, 4.69) is 16.8 Å². The fourth-order valence-corrected chi connectivity index (χ4v) is 2.63. The summed E-state index contributed by atoms with van der Waals surface area (Å²) in [5.41, 5.74) is 8.41. The summed E-state index contributed by atoms with van der Waals surface area (Å²) in [6.07, 6.45) is 2.38. The SMILES string of the molecule is CN1CCN(c2cc(C3CC3)c(N)cc2F)CC1. The third-order valence-corrected chi connectivity index (χ3v) is 4.01. The number of likely N-dealkylation sites (N-methyl/N-ethyl adjacent to an activating group) is 1. The Kier molecular flexibility index (Phi) is 2.90. The average molecular weight is 249 g/mol. The van der Waals surface area contributed by atoms with E-state index in [-0.39, 0.29) is 5.82 Å². The first-order chi connectivity index (χ1) is 8.65. The molecule has 98 valence electrons. The van der Waals surface area contributed by atoms with Crippen LogP contribution in [0.3, 0.4) is 0 Å². The van der Waals surface area contributed by atoms with Gasteiger partial charge in [0.15, 0.2) is 0 Å². The molecule has 0 aromatic heterocycles. The van der Waals surface area contributed by atoms with Crippen LogP contribution in [-0.2, 0) is 0 Å². The van der Waals surface area contributed by atoms with Crippen LogP contribution in [-0.4, -0.2) is 38.1 Å². The number of nitrogens with zero attached hydrogens (tertiary/aromatic N) is 2. The van der Waals surface area contributed by atoms with Crippen molar-refractivity contribution in [3.8, 4) is 0 Å². The molecule has 0 atom stereocenters. The fraction of sp³-hybridized carbons (Fsp3) is 0.571. The highest BCUT2D eigenvalue weighted by molar-refractivity contribution is 5.61. The summed E-state index contributed by atoms with van der Waals surface area (Å²) in [5.74, 6) is 0.387. The van der Waals surface area contributed by atoms with E-state index in [1.807, 2.05) is 6.07 Å². The molecule has 1 aromatic carbocycles.